The van der Waals surface area contributed by atoms with Gasteiger partial charge in [0.2, 0.25) is 5.13 Å². The van der Waals surface area contributed by atoms with Gasteiger partial charge >= 0.3 is 6.03 Å². The first kappa shape index (κ1) is 15.4. The number of hydrogen-bond donors (Lipinski definition) is 3. The molecule has 7 heteroatoms. The number of aliphatic hydroxyl groups excluding tert-OH is 1. The molecule has 3 N–H and O–H groups in total. The average Bonchev–Trinajstić information content (AvgIpc) is 2.85. The standard InChI is InChI=1S/C14H18N4O2S/c1-8-4-9(2)6-11(5-8)12-17-18-14(21-12)16-13(20)15-10(3)7-19/h4-6,10,19H,7H2,1-3H3,(H2,15,16,18,20)/t10-/m0/s1. The minimum absolute atomic E-state index is 0.114. The molecule has 2 amide bonds. The van der Waals surface area contributed by atoms with E-state index in [-0.39, 0.29) is 12.6 Å². The molecular weight excluding hydrogens is 288 g/mol. The summed E-state index contributed by atoms with van der Waals surface area (Å²) in [6, 6.07) is 5.44. The lowest BCUT2D eigenvalue weighted by Gasteiger charge is -2.09. The van der Waals surface area contributed by atoms with Gasteiger partial charge in [0.05, 0.1) is 12.6 Å². The van der Waals surface area contributed by atoms with Gasteiger partial charge in [0.25, 0.3) is 0 Å². The second kappa shape index (κ2) is 6.64. The molecule has 0 radical (unpaired) electrons. The summed E-state index contributed by atoms with van der Waals surface area (Å²) in [5.41, 5.74) is 3.30. The Balaban J connectivity index is 2.09. The highest BCUT2D eigenvalue weighted by atomic mass is 32.1. The van der Waals surface area contributed by atoms with Crippen LogP contribution >= 0.6 is 11.3 Å². The van der Waals surface area contributed by atoms with Gasteiger partial charge < -0.3 is 10.4 Å². The fourth-order valence-electron chi connectivity index (χ4n) is 1.89. The van der Waals surface area contributed by atoms with Crippen LogP contribution < -0.4 is 10.6 Å². The summed E-state index contributed by atoms with van der Waals surface area (Å²) in [5.74, 6) is 0. The Morgan fingerprint density at radius 3 is 2.57 bits per heavy atom. The van der Waals surface area contributed by atoms with E-state index in [0.29, 0.717) is 5.13 Å². The molecule has 1 aromatic heterocycles. The van der Waals surface area contributed by atoms with E-state index in [1.807, 2.05) is 26.0 Å². The number of carbonyl (C=O) groups is 1. The van der Waals surface area contributed by atoms with E-state index in [9.17, 15) is 4.79 Å². The Bertz CT molecular complexity index is 621. The van der Waals surface area contributed by atoms with Crippen LogP contribution in [0.2, 0.25) is 0 Å². The van der Waals surface area contributed by atoms with Crippen LogP contribution in [-0.4, -0.2) is 34.0 Å². The monoisotopic (exact) mass is 306 g/mol. The van der Waals surface area contributed by atoms with E-state index >= 15 is 0 Å². The Hall–Kier alpha value is -1.99. The van der Waals surface area contributed by atoms with Gasteiger partial charge in [-0.25, -0.2) is 4.79 Å². The number of aromatic nitrogens is 2. The number of benzene rings is 1. The zero-order valence-corrected chi connectivity index (χ0v) is 13.0. The van der Waals surface area contributed by atoms with Crippen molar-refractivity contribution in [3.63, 3.8) is 0 Å². The first-order chi connectivity index (χ1) is 9.97. The van der Waals surface area contributed by atoms with Crippen LogP contribution in [0.3, 0.4) is 0 Å². The molecule has 0 saturated carbocycles. The van der Waals surface area contributed by atoms with Gasteiger partial charge in [-0.15, -0.1) is 10.2 Å². The van der Waals surface area contributed by atoms with E-state index < -0.39 is 6.03 Å². The van der Waals surface area contributed by atoms with E-state index in [2.05, 4.69) is 26.9 Å². The maximum absolute atomic E-state index is 11.6. The highest BCUT2D eigenvalue weighted by Gasteiger charge is 2.11. The van der Waals surface area contributed by atoms with E-state index in [1.54, 1.807) is 6.92 Å². The molecule has 0 bridgehead atoms. The molecule has 1 atom stereocenters. The zero-order valence-electron chi connectivity index (χ0n) is 12.2. The van der Waals surface area contributed by atoms with Gasteiger partial charge in [0, 0.05) is 5.56 Å². The van der Waals surface area contributed by atoms with Gasteiger partial charge in [0.15, 0.2) is 0 Å². The van der Waals surface area contributed by atoms with Crippen molar-refractivity contribution in [2.24, 2.45) is 0 Å². The summed E-state index contributed by atoms with van der Waals surface area (Å²) in [6.45, 7) is 5.65. The number of aliphatic hydroxyl groups is 1. The third-order valence-corrected chi connectivity index (χ3v) is 3.65. The molecule has 6 nitrogen and oxygen atoms in total. The van der Waals surface area contributed by atoms with Crippen molar-refractivity contribution < 1.29 is 9.90 Å². The number of amides is 2. The van der Waals surface area contributed by atoms with Crippen molar-refractivity contribution in [2.75, 3.05) is 11.9 Å². The number of anilines is 1. The Labute approximate surface area is 127 Å². The fourth-order valence-corrected chi connectivity index (χ4v) is 2.62. The molecule has 1 heterocycles. The second-order valence-corrected chi connectivity index (χ2v) is 5.95. The fraction of sp³-hybridized carbons (Fsp3) is 0.357. The van der Waals surface area contributed by atoms with Gasteiger partial charge in [-0.2, -0.15) is 0 Å². The minimum Gasteiger partial charge on any atom is -0.394 e. The van der Waals surface area contributed by atoms with Gasteiger partial charge in [0.1, 0.15) is 5.01 Å². The third-order valence-electron chi connectivity index (χ3n) is 2.77. The molecule has 0 fully saturated rings. The van der Waals surface area contributed by atoms with Crippen molar-refractivity contribution in [3.05, 3.63) is 29.3 Å². The Morgan fingerprint density at radius 2 is 1.95 bits per heavy atom. The summed E-state index contributed by atoms with van der Waals surface area (Å²) in [7, 11) is 0. The molecule has 0 unspecified atom stereocenters. The lowest BCUT2D eigenvalue weighted by atomic mass is 10.1. The number of nitrogens with zero attached hydrogens (tertiary/aromatic N) is 2. The average molecular weight is 306 g/mol. The minimum atomic E-state index is -0.403. The third kappa shape index (κ3) is 4.24. The smallest absolute Gasteiger partial charge is 0.321 e. The summed E-state index contributed by atoms with van der Waals surface area (Å²) in [6.07, 6.45) is 0. The number of hydrogen-bond acceptors (Lipinski definition) is 5. The maximum atomic E-state index is 11.6. The number of rotatable bonds is 4. The molecule has 0 aliphatic heterocycles. The van der Waals surface area contributed by atoms with E-state index in [0.717, 1.165) is 21.7 Å². The molecule has 2 rings (SSSR count). The predicted molar refractivity (Wildman–Crippen MR) is 83.5 cm³/mol. The van der Waals surface area contributed by atoms with Gasteiger partial charge in [-0.3, -0.25) is 5.32 Å². The summed E-state index contributed by atoms with van der Waals surface area (Å²) in [4.78, 5) is 11.6. The molecule has 21 heavy (non-hydrogen) atoms. The second-order valence-electron chi connectivity index (χ2n) is 4.97. The van der Waals surface area contributed by atoms with Crippen LogP contribution in [-0.2, 0) is 0 Å². The normalized spacial score (nSPS) is 12.0. The molecule has 0 aliphatic carbocycles. The van der Waals surface area contributed by atoms with Crippen LogP contribution in [0, 0.1) is 13.8 Å². The number of carbonyl (C=O) groups excluding carboxylic acids is 1. The molecule has 1 aromatic carbocycles. The van der Waals surface area contributed by atoms with Gasteiger partial charge in [-0.1, -0.05) is 28.5 Å². The van der Waals surface area contributed by atoms with Crippen LogP contribution in [0.4, 0.5) is 9.93 Å². The summed E-state index contributed by atoms with van der Waals surface area (Å²) >= 11 is 1.31. The molecule has 0 aliphatic rings. The van der Waals surface area contributed by atoms with Crippen molar-refractivity contribution in [3.8, 4) is 10.6 Å². The Kier molecular flexibility index (Phi) is 4.87. The lowest BCUT2D eigenvalue weighted by molar-refractivity contribution is 0.229. The quantitative estimate of drug-likeness (QED) is 0.809. The van der Waals surface area contributed by atoms with Crippen molar-refractivity contribution >= 4 is 22.5 Å². The highest BCUT2D eigenvalue weighted by molar-refractivity contribution is 7.18. The van der Waals surface area contributed by atoms with Crippen LogP contribution in [0.25, 0.3) is 10.6 Å². The zero-order chi connectivity index (χ0) is 15.4. The predicted octanol–water partition coefficient (Wildman–Crippen LogP) is 2.32. The first-order valence-corrected chi connectivity index (χ1v) is 7.40. The van der Waals surface area contributed by atoms with Crippen molar-refractivity contribution in [1.82, 2.24) is 15.5 Å². The first-order valence-electron chi connectivity index (χ1n) is 6.58. The number of nitrogens with one attached hydrogen (secondary N) is 2. The largest absolute Gasteiger partial charge is 0.394 e. The summed E-state index contributed by atoms with van der Waals surface area (Å²) in [5, 5.41) is 23.3. The van der Waals surface area contributed by atoms with Crippen LogP contribution in [0.1, 0.15) is 18.1 Å². The van der Waals surface area contributed by atoms with Crippen molar-refractivity contribution in [1.29, 1.82) is 0 Å². The van der Waals surface area contributed by atoms with E-state index in [1.165, 1.54) is 11.3 Å². The van der Waals surface area contributed by atoms with Gasteiger partial charge in [-0.05, 0) is 32.9 Å². The Morgan fingerprint density at radius 1 is 1.29 bits per heavy atom. The number of urea groups is 1. The van der Waals surface area contributed by atoms with Crippen molar-refractivity contribution in [2.45, 2.75) is 26.8 Å². The van der Waals surface area contributed by atoms with Crippen LogP contribution in [0.5, 0.6) is 0 Å². The lowest BCUT2D eigenvalue weighted by Crippen LogP contribution is -2.38. The number of aryl methyl sites for hydroxylation is 2. The highest BCUT2D eigenvalue weighted by Crippen LogP contribution is 2.27. The molecule has 0 spiro atoms. The molecular formula is C14H18N4O2S. The molecule has 112 valence electrons. The SMILES string of the molecule is Cc1cc(C)cc(-c2nnc(NC(=O)N[C@@H](C)CO)s2)c1. The summed E-state index contributed by atoms with van der Waals surface area (Å²) < 4.78 is 0. The van der Waals surface area contributed by atoms with E-state index in [4.69, 9.17) is 5.11 Å². The maximum Gasteiger partial charge on any atom is 0.321 e. The topological polar surface area (TPSA) is 87.1 Å². The molecule has 2 aromatic rings. The van der Waals surface area contributed by atoms with Crippen LogP contribution in [0.15, 0.2) is 18.2 Å². The molecule has 0 saturated heterocycles.